The number of fused-ring (bicyclic) bond motifs is 1. The normalized spacial score (nSPS) is 11.9. The third kappa shape index (κ3) is 5.95. The number of rotatable bonds is 9. The summed E-state index contributed by atoms with van der Waals surface area (Å²) in [7, 11) is -1.17. The molecule has 5 nitrogen and oxygen atoms in total. The quantitative estimate of drug-likeness (QED) is 0.195. The van der Waals surface area contributed by atoms with Gasteiger partial charge in [0.2, 0.25) is 5.28 Å². The summed E-state index contributed by atoms with van der Waals surface area (Å²) in [6, 6.07) is 23.2. The van der Waals surface area contributed by atoms with Crippen molar-refractivity contribution in [3.05, 3.63) is 88.2 Å². The second-order valence-electron chi connectivity index (χ2n) is 9.22. The molecule has 4 rings (SSSR count). The van der Waals surface area contributed by atoms with Crippen LogP contribution < -0.4 is 5.32 Å². The highest BCUT2D eigenvalue weighted by Crippen LogP contribution is 2.32. The maximum absolute atomic E-state index is 6.62. The first-order valence-electron chi connectivity index (χ1n) is 11.0. The molecule has 2 aromatic carbocycles. The van der Waals surface area contributed by atoms with E-state index in [0.29, 0.717) is 40.6 Å². The standard InChI is InChI=1S/C25H28Cl2N4OSi/c1-33(2,3)15-14-32-17-31-24-21(28-25(31)27)16-20(26)23(30-24)29-22(18-10-6-4-7-11-18)19-12-8-5-9-13-19/h4-13,16,22H,14-15,17H2,1-3H3,(H,29,30). The molecule has 2 heterocycles. The highest BCUT2D eigenvalue weighted by molar-refractivity contribution is 6.76. The number of aromatic nitrogens is 3. The van der Waals surface area contributed by atoms with Crippen LogP contribution in [0.25, 0.3) is 11.2 Å². The van der Waals surface area contributed by atoms with Crippen molar-refractivity contribution in [3.63, 3.8) is 0 Å². The fourth-order valence-corrected chi connectivity index (χ4v) is 4.71. The van der Waals surface area contributed by atoms with Crippen LogP contribution in [0.3, 0.4) is 0 Å². The Kier molecular flexibility index (Phi) is 7.39. The summed E-state index contributed by atoms with van der Waals surface area (Å²) < 4.78 is 7.69. The topological polar surface area (TPSA) is 52.0 Å². The molecule has 0 aliphatic heterocycles. The first kappa shape index (κ1) is 23.8. The van der Waals surface area contributed by atoms with Gasteiger partial charge in [0.15, 0.2) is 5.65 Å². The summed E-state index contributed by atoms with van der Waals surface area (Å²) in [4.78, 5) is 9.24. The molecule has 0 saturated heterocycles. The minimum absolute atomic E-state index is 0.116. The van der Waals surface area contributed by atoms with Gasteiger partial charge in [-0.3, -0.25) is 4.57 Å². The van der Waals surface area contributed by atoms with Crippen molar-refractivity contribution in [1.29, 1.82) is 0 Å². The molecule has 0 amide bonds. The van der Waals surface area contributed by atoms with Crippen molar-refractivity contribution in [2.75, 3.05) is 11.9 Å². The summed E-state index contributed by atoms with van der Waals surface area (Å²) in [6.45, 7) is 7.97. The van der Waals surface area contributed by atoms with E-state index in [-0.39, 0.29) is 6.04 Å². The van der Waals surface area contributed by atoms with Crippen molar-refractivity contribution >= 4 is 48.3 Å². The molecule has 4 aromatic rings. The molecular formula is C25H28Cl2N4OSi. The Labute approximate surface area is 205 Å². The Hall–Kier alpha value is -2.38. The average Bonchev–Trinajstić information content (AvgIpc) is 3.09. The Morgan fingerprint density at radius 2 is 1.55 bits per heavy atom. The number of hydrogen-bond acceptors (Lipinski definition) is 4. The smallest absolute Gasteiger partial charge is 0.206 e. The van der Waals surface area contributed by atoms with Crippen molar-refractivity contribution in [3.8, 4) is 0 Å². The van der Waals surface area contributed by atoms with Crippen LogP contribution in [-0.2, 0) is 11.5 Å². The number of anilines is 1. The van der Waals surface area contributed by atoms with Gasteiger partial charge in [0.05, 0.1) is 11.1 Å². The van der Waals surface area contributed by atoms with Crippen LogP contribution in [0.2, 0.25) is 36.0 Å². The molecule has 0 atom stereocenters. The summed E-state index contributed by atoms with van der Waals surface area (Å²) >= 11 is 13.0. The Bertz CT molecular complexity index is 1170. The molecule has 0 radical (unpaired) electrons. The van der Waals surface area contributed by atoms with E-state index in [2.05, 4.69) is 54.2 Å². The molecule has 0 unspecified atom stereocenters. The van der Waals surface area contributed by atoms with Crippen molar-refractivity contribution < 1.29 is 4.74 Å². The number of nitrogens with one attached hydrogen (secondary N) is 1. The predicted octanol–water partition coefficient (Wildman–Crippen LogP) is 7.25. The second kappa shape index (κ2) is 10.3. The van der Waals surface area contributed by atoms with Gasteiger partial charge >= 0.3 is 0 Å². The number of pyridine rings is 1. The molecule has 0 saturated carbocycles. The largest absolute Gasteiger partial charge is 0.361 e. The zero-order valence-corrected chi connectivity index (χ0v) is 21.6. The van der Waals surface area contributed by atoms with E-state index < -0.39 is 8.07 Å². The Morgan fingerprint density at radius 1 is 0.939 bits per heavy atom. The van der Waals surface area contributed by atoms with Crippen LogP contribution in [0.15, 0.2) is 66.7 Å². The summed E-state index contributed by atoms with van der Waals surface area (Å²) in [6.07, 6.45) is 0. The lowest BCUT2D eigenvalue weighted by Gasteiger charge is -2.21. The van der Waals surface area contributed by atoms with E-state index in [1.54, 1.807) is 10.6 Å². The highest BCUT2D eigenvalue weighted by Gasteiger charge is 2.19. The number of imidazole rings is 1. The summed E-state index contributed by atoms with van der Waals surface area (Å²) in [5.41, 5.74) is 3.51. The van der Waals surface area contributed by atoms with E-state index in [4.69, 9.17) is 32.9 Å². The van der Waals surface area contributed by atoms with Crippen LogP contribution in [-0.4, -0.2) is 29.2 Å². The maximum atomic E-state index is 6.62. The average molecular weight is 500 g/mol. The second-order valence-corrected chi connectivity index (χ2v) is 15.6. The van der Waals surface area contributed by atoms with E-state index >= 15 is 0 Å². The predicted molar refractivity (Wildman–Crippen MR) is 140 cm³/mol. The zero-order chi connectivity index (χ0) is 23.4. The molecule has 0 aliphatic rings. The molecule has 0 fully saturated rings. The first-order chi connectivity index (χ1) is 15.8. The third-order valence-electron chi connectivity index (χ3n) is 5.39. The molecule has 33 heavy (non-hydrogen) atoms. The van der Waals surface area contributed by atoms with Gasteiger partial charge in [-0.25, -0.2) is 9.97 Å². The third-order valence-corrected chi connectivity index (χ3v) is 7.67. The lowest BCUT2D eigenvalue weighted by atomic mass is 9.99. The van der Waals surface area contributed by atoms with Gasteiger partial charge in [-0.2, -0.15) is 0 Å². The molecule has 0 bridgehead atoms. The van der Waals surface area contributed by atoms with Gasteiger partial charge in [0.25, 0.3) is 0 Å². The molecule has 0 aliphatic carbocycles. The van der Waals surface area contributed by atoms with Gasteiger partial charge in [0.1, 0.15) is 18.1 Å². The van der Waals surface area contributed by atoms with E-state index in [1.807, 2.05) is 36.4 Å². The fraction of sp³-hybridized carbons (Fsp3) is 0.280. The van der Waals surface area contributed by atoms with Gasteiger partial charge in [-0.1, -0.05) is 91.9 Å². The van der Waals surface area contributed by atoms with E-state index in [0.717, 1.165) is 17.2 Å². The van der Waals surface area contributed by atoms with Crippen molar-refractivity contribution in [2.24, 2.45) is 0 Å². The lowest BCUT2D eigenvalue weighted by Crippen LogP contribution is -2.22. The fourth-order valence-electron chi connectivity index (χ4n) is 3.53. The van der Waals surface area contributed by atoms with E-state index in [9.17, 15) is 0 Å². The highest BCUT2D eigenvalue weighted by atomic mass is 35.5. The lowest BCUT2D eigenvalue weighted by molar-refractivity contribution is 0.0897. The van der Waals surface area contributed by atoms with Gasteiger partial charge in [-0.05, 0) is 34.8 Å². The van der Waals surface area contributed by atoms with Crippen LogP contribution in [0.1, 0.15) is 17.2 Å². The monoisotopic (exact) mass is 498 g/mol. The molecule has 172 valence electrons. The van der Waals surface area contributed by atoms with Crippen molar-refractivity contribution in [1.82, 2.24) is 14.5 Å². The van der Waals surface area contributed by atoms with Crippen molar-refractivity contribution in [2.45, 2.75) is 38.5 Å². The van der Waals surface area contributed by atoms with Gasteiger partial charge < -0.3 is 10.1 Å². The number of hydrogen-bond donors (Lipinski definition) is 1. The van der Waals surface area contributed by atoms with Crippen LogP contribution >= 0.6 is 23.2 Å². The number of ether oxygens (including phenoxy) is 1. The maximum Gasteiger partial charge on any atom is 0.206 e. The first-order valence-corrected chi connectivity index (χ1v) is 15.4. The van der Waals surface area contributed by atoms with Gasteiger partial charge in [-0.15, -0.1) is 0 Å². The van der Waals surface area contributed by atoms with Crippen LogP contribution in [0.4, 0.5) is 5.82 Å². The molecule has 2 aromatic heterocycles. The Balaban J connectivity index is 1.64. The van der Waals surface area contributed by atoms with Crippen LogP contribution in [0.5, 0.6) is 0 Å². The Morgan fingerprint density at radius 3 is 2.12 bits per heavy atom. The SMILES string of the molecule is C[Si](C)(C)CCOCn1c(Cl)nc2cc(Cl)c(NC(c3ccccc3)c3ccccc3)nc21. The minimum Gasteiger partial charge on any atom is -0.361 e. The number of halogens is 2. The molecular weight excluding hydrogens is 471 g/mol. The van der Waals surface area contributed by atoms with Crippen LogP contribution in [0, 0.1) is 0 Å². The zero-order valence-electron chi connectivity index (χ0n) is 19.1. The van der Waals surface area contributed by atoms with E-state index in [1.165, 1.54) is 0 Å². The molecule has 0 spiro atoms. The number of nitrogens with zero attached hydrogens (tertiary/aromatic N) is 3. The number of benzene rings is 2. The van der Waals surface area contributed by atoms with Gasteiger partial charge in [0, 0.05) is 14.7 Å². The summed E-state index contributed by atoms with van der Waals surface area (Å²) in [5.74, 6) is 0.571. The minimum atomic E-state index is -1.17. The summed E-state index contributed by atoms with van der Waals surface area (Å²) in [5, 5.41) is 4.35. The molecule has 1 N–H and O–H groups in total. The molecule has 8 heteroatoms.